The number of nitrogens with one attached hydrogen (secondary N) is 1. The zero-order valence-corrected chi connectivity index (χ0v) is 14.7. The third-order valence-corrected chi connectivity index (χ3v) is 4.66. The van der Waals surface area contributed by atoms with Crippen LogP contribution in [0.2, 0.25) is 0 Å². The molecule has 0 aliphatic heterocycles. The SMILES string of the molecule is CC(C)CCN(C)CC1(CNCC(C)C)CCCCC1. The lowest BCUT2D eigenvalue weighted by molar-refractivity contribution is 0.114. The van der Waals surface area contributed by atoms with Crippen molar-refractivity contribution in [3.8, 4) is 0 Å². The molecule has 0 aromatic carbocycles. The van der Waals surface area contributed by atoms with Crippen molar-refractivity contribution in [3.63, 3.8) is 0 Å². The Labute approximate surface area is 127 Å². The highest BCUT2D eigenvalue weighted by Crippen LogP contribution is 2.36. The molecule has 1 rings (SSSR count). The van der Waals surface area contributed by atoms with E-state index in [1.807, 2.05) is 0 Å². The third kappa shape index (κ3) is 7.08. The van der Waals surface area contributed by atoms with Crippen LogP contribution in [0.3, 0.4) is 0 Å². The van der Waals surface area contributed by atoms with Gasteiger partial charge in [0, 0.05) is 13.1 Å². The largest absolute Gasteiger partial charge is 0.316 e. The molecule has 1 saturated carbocycles. The highest BCUT2D eigenvalue weighted by atomic mass is 15.1. The Hall–Kier alpha value is -0.0800. The average Bonchev–Trinajstić information content (AvgIpc) is 2.37. The summed E-state index contributed by atoms with van der Waals surface area (Å²) in [5.74, 6) is 1.58. The molecule has 120 valence electrons. The van der Waals surface area contributed by atoms with Crippen molar-refractivity contribution >= 4 is 0 Å². The van der Waals surface area contributed by atoms with E-state index in [4.69, 9.17) is 0 Å². The predicted molar refractivity (Wildman–Crippen MR) is 90.2 cm³/mol. The average molecular weight is 283 g/mol. The zero-order valence-electron chi connectivity index (χ0n) is 14.7. The molecule has 20 heavy (non-hydrogen) atoms. The van der Waals surface area contributed by atoms with Crippen LogP contribution in [0.25, 0.3) is 0 Å². The van der Waals surface area contributed by atoms with E-state index in [-0.39, 0.29) is 0 Å². The Balaban J connectivity index is 2.45. The Kier molecular flexibility index (Phi) is 8.13. The van der Waals surface area contributed by atoms with Gasteiger partial charge in [0.25, 0.3) is 0 Å². The van der Waals surface area contributed by atoms with Crippen LogP contribution in [0.15, 0.2) is 0 Å². The second kappa shape index (κ2) is 9.04. The van der Waals surface area contributed by atoms with E-state index in [1.54, 1.807) is 0 Å². The van der Waals surface area contributed by atoms with Crippen LogP contribution in [0.1, 0.15) is 66.2 Å². The Morgan fingerprint density at radius 1 is 1.00 bits per heavy atom. The quantitative estimate of drug-likeness (QED) is 0.683. The van der Waals surface area contributed by atoms with Gasteiger partial charge in [-0.25, -0.2) is 0 Å². The second-order valence-electron chi connectivity index (χ2n) is 8.01. The van der Waals surface area contributed by atoms with Crippen LogP contribution in [0.5, 0.6) is 0 Å². The highest BCUT2D eigenvalue weighted by molar-refractivity contribution is 4.87. The van der Waals surface area contributed by atoms with Gasteiger partial charge in [0.1, 0.15) is 0 Å². The summed E-state index contributed by atoms with van der Waals surface area (Å²) in [4.78, 5) is 2.59. The minimum atomic E-state index is 0.541. The molecule has 0 unspecified atom stereocenters. The van der Waals surface area contributed by atoms with Gasteiger partial charge in [-0.05, 0) is 56.7 Å². The Morgan fingerprint density at radius 2 is 1.65 bits per heavy atom. The molecular weight excluding hydrogens is 244 g/mol. The van der Waals surface area contributed by atoms with Gasteiger partial charge >= 0.3 is 0 Å². The summed E-state index contributed by atoms with van der Waals surface area (Å²) in [5.41, 5.74) is 0.541. The zero-order chi connectivity index (χ0) is 15.0. The summed E-state index contributed by atoms with van der Waals surface area (Å²) in [6.45, 7) is 14.2. The molecule has 1 aliphatic rings. The van der Waals surface area contributed by atoms with Gasteiger partial charge in [-0.1, -0.05) is 47.0 Å². The maximum absolute atomic E-state index is 3.74. The molecule has 0 aromatic rings. The van der Waals surface area contributed by atoms with Crippen LogP contribution >= 0.6 is 0 Å². The van der Waals surface area contributed by atoms with Crippen LogP contribution < -0.4 is 5.32 Å². The maximum Gasteiger partial charge on any atom is 0.00471 e. The van der Waals surface area contributed by atoms with E-state index in [0.29, 0.717) is 5.41 Å². The fourth-order valence-corrected chi connectivity index (χ4v) is 3.45. The monoisotopic (exact) mass is 282 g/mol. The first-order chi connectivity index (χ1) is 9.43. The molecule has 0 radical (unpaired) electrons. The van der Waals surface area contributed by atoms with Gasteiger partial charge in [-0.2, -0.15) is 0 Å². The highest BCUT2D eigenvalue weighted by Gasteiger charge is 2.32. The molecule has 0 spiro atoms. The normalized spacial score (nSPS) is 19.2. The minimum absolute atomic E-state index is 0.541. The third-order valence-electron chi connectivity index (χ3n) is 4.66. The molecule has 0 saturated heterocycles. The predicted octanol–water partition coefficient (Wildman–Crippen LogP) is 4.16. The van der Waals surface area contributed by atoms with Crippen molar-refractivity contribution in [2.24, 2.45) is 17.3 Å². The van der Waals surface area contributed by atoms with Crippen molar-refractivity contribution in [2.45, 2.75) is 66.2 Å². The molecule has 2 nitrogen and oxygen atoms in total. The lowest BCUT2D eigenvalue weighted by Crippen LogP contribution is -2.45. The summed E-state index contributed by atoms with van der Waals surface area (Å²) in [5, 5.41) is 3.74. The second-order valence-corrected chi connectivity index (χ2v) is 8.01. The molecule has 1 aliphatic carbocycles. The van der Waals surface area contributed by atoms with Crippen LogP contribution in [0.4, 0.5) is 0 Å². The number of hydrogen-bond acceptors (Lipinski definition) is 2. The first kappa shape index (κ1) is 18.0. The van der Waals surface area contributed by atoms with Crippen molar-refractivity contribution < 1.29 is 0 Å². The minimum Gasteiger partial charge on any atom is -0.316 e. The van der Waals surface area contributed by atoms with Crippen molar-refractivity contribution in [3.05, 3.63) is 0 Å². The summed E-state index contributed by atoms with van der Waals surface area (Å²) >= 11 is 0. The summed E-state index contributed by atoms with van der Waals surface area (Å²) < 4.78 is 0. The molecule has 0 amide bonds. The van der Waals surface area contributed by atoms with E-state index in [2.05, 4.69) is 45.0 Å². The molecular formula is C18H38N2. The van der Waals surface area contributed by atoms with Gasteiger partial charge in [0.2, 0.25) is 0 Å². The number of hydrogen-bond donors (Lipinski definition) is 1. The van der Waals surface area contributed by atoms with E-state index in [9.17, 15) is 0 Å². The van der Waals surface area contributed by atoms with Crippen LogP contribution in [0, 0.1) is 17.3 Å². The smallest absolute Gasteiger partial charge is 0.00471 e. The fraction of sp³-hybridized carbons (Fsp3) is 1.00. The topological polar surface area (TPSA) is 15.3 Å². The van der Waals surface area contributed by atoms with Gasteiger partial charge < -0.3 is 10.2 Å². The molecule has 0 heterocycles. The van der Waals surface area contributed by atoms with Crippen molar-refractivity contribution in [2.75, 3.05) is 33.2 Å². The Morgan fingerprint density at radius 3 is 2.20 bits per heavy atom. The molecule has 0 aromatic heterocycles. The molecule has 1 fully saturated rings. The van der Waals surface area contributed by atoms with E-state index in [0.717, 1.165) is 18.4 Å². The summed E-state index contributed by atoms with van der Waals surface area (Å²) in [7, 11) is 2.32. The standard InChI is InChI=1S/C18H38N2/c1-16(2)9-12-20(5)15-18(10-7-6-8-11-18)14-19-13-17(3)4/h16-17,19H,6-15H2,1-5H3. The number of nitrogens with zero attached hydrogens (tertiary/aromatic N) is 1. The van der Waals surface area contributed by atoms with Gasteiger partial charge in [-0.15, -0.1) is 0 Å². The molecule has 1 N–H and O–H groups in total. The van der Waals surface area contributed by atoms with E-state index in [1.165, 1.54) is 58.2 Å². The van der Waals surface area contributed by atoms with E-state index < -0.39 is 0 Å². The van der Waals surface area contributed by atoms with Crippen molar-refractivity contribution in [1.82, 2.24) is 10.2 Å². The van der Waals surface area contributed by atoms with Crippen molar-refractivity contribution in [1.29, 1.82) is 0 Å². The van der Waals surface area contributed by atoms with Crippen LogP contribution in [-0.2, 0) is 0 Å². The summed E-state index contributed by atoms with van der Waals surface area (Å²) in [6.07, 6.45) is 8.48. The van der Waals surface area contributed by atoms with Gasteiger partial charge in [0.15, 0.2) is 0 Å². The molecule has 2 heteroatoms. The van der Waals surface area contributed by atoms with Gasteiger partial charge in [-0.3, -0.25) is 0 Å². The first-order valence-corrected chi connectivity index (χ1v) is 8.83. The molecule has 0 atom stereocenters. The summed E-state index contributed by atoms with van der Waals surface area (Å²) in [6, 6.07) is 0. The van der Waals surface area contributed by atoms with Crippen LogP contribution in [-0.4, -0.2) is 38.1 Å². The van der Waals surface area contributed by atoms with E-state index >= 15 is 0 Å². The number of rotatable bonds is 9. The van der Waals surface area contributed by atoms with Gasteiger partial charge in [0.05, 0.1) is 0 Å². The molecule has 0 bridgehead atoms. The maximum atomic E-state index is 3.74. The lowest BCUT2D eigenvalue weighted by atomic mass is 9.73. The fourth-order valence-electron chi connectivity index (χ4n) is 3.45. The Bertz CT molecular complexity index is 242. The first-order valence-electron chi connectivity index (χ1n) is 8.83. The lowest BCUT2D eigenvalue weighted by Gasteiger charge is -2.41.